The molecule has 73 heavy (non-hydrogen) atoms. The summed E-state index contributed by atoms with van der Waals surface area (Å²) in [6.45, 7) is 6.00. The van der Waals surface area contributed by atoms with Crippen molar-refractivity contribution in [3.8, 4) is 0 Å². The number of carbonyl (C=O) groups is 4. The minimum Gasteiger partial charge on any atom is -0.479 e. The Labute approximate surface area is 446 Å². The van der Waals surface area contributed by atoms with Crippen LogP contribution in [0.4, 0.5) is 0 Å². The quantitative estimate of drug-likeness (QED) is 0.0228. The molecule has 0 aromatic heterocycles. The number of hydrogen-bond acceptors (Lipinski definition) is 11. The fraction of sp³-hybridized carbons (Fsp3) is 0.902. The normalized spacial score (nSPS) is 18.3. The van der Waals surface area contributed by atoms with Crippen molar-refractivity contribution in [3.63, 3.8) is 0 Å². The molecule has 6 atom stereocenters. The molecule has 6 unspecified atom stereocenters. The molecule has 0 bridgehead atoms. The number of carboxylic acids is 1. The van der Waals surface area contributed by atoms with Gasteiger partial charge in [0.05, 0.1) is 6.61 Å². The SMILES string of the molecule is CCCCCC/C=C\CCCCCCCC(=O)OC1C(OCC(COC(=O)CCCCCCCCCCCCCCCCCCCCC)OC(=O)CCCCCCCCCCCCC)OC(C(=O)O)C(O)C1O. The van der Waals surface area contributed by atoms with Crippen molar-refractivity contribution in [1.82, 2.24) is 0 Å². The number of ether oxygens (including phenoxy) is 5. The summed E-state index contributed by atoms with van der Waals surface area (Å²) in [5.74, 6) is -3.09. The Morgan fingerprint density at radius 2 is 0.781 bits per heavy atom. The van der Waals surface area contributed by atoms with E-state index >= 15 is 0 Å². The first-order valence-corrected chi connectivity index (χ1v) is 30.7. The Hall–Kier alpha value is -2.54. The maximum atomic E-state index is 13.1. The van der Waals surface area contributed by atoms with Gasteiger partial charge in [-0.05, 0) is 44.9 Å². The highest BCUT2D eigenvalue weighted by Crippen LogP contribution is 2.27. The van der Waals surface area contributed by atoms with E-state index in [4.69, 9.17) is 23.7 Å². The van der Waals surface area contributed by atoms with Crippen LogP contribution >= 0.6 is 0 Å². The number of aliphatic carboxylic acids is 1. The van der Waals surface area contributed by atoms with Crippen LogP contribution in [0.25, 0.3) is 0 Å². The molecule has 0 radical (unpaired) electrons. The van der Waals surface area contributed by atoms with Crippen LogP contribution in [0.5, 0.6) is 0 Å². The van der Waals surface area contributed by atoms with E-state index in [9.17, 15) is 34.5 Å². The molecule has 3 N–H and O–H groups in total. The van der Waals surface area contributed by atoms with Crippen LogP contribution in [0.15, 0.2) is 12.2 Å². The van der Waals surface area contributed by atoms with Gasteiger partial charge in [0.1, 0.15) is 18.8 Å². The van der Waals surface area contributed by atoms with Crippen molar-refractivity contribution >= 4 is 23.9 Å². The number of rotatable bonds is 53. The molecule has 0 aliphatic carbocycles. The number of esters is 3. The first kappa shape index (κ1) is 68.5. The summed E-state index contributed by atoms with van der Waals surface area (Å²) in [5.41, 5.74) is 0. The molecule has 0 spiro atoms. The minimum atomic E-state index is -1.90. The van der Waals surface area contributed by atoms with E-state index in [2.05, 4.69) is 32.9 Å². The van der Waals surface area contributed by atoms with Gasteiger partial charge >= 0.3 is 23.9 Å². The zero-order valence-corrected chi connectivity index (χ0v) is 47.2. The third-order valence-corrected chi connectivity index (χ3v) is 14.3. The van der Waals surface area contributed by atoms with Crippen molar-refractivity contribution in [3.05, 3.63) is 12.2 Å². The summed E-state index contributed by atoms with van der Waals surface area (Å²) < 4.78 is 28.4. The van der Waals surface area contributed by atoms with Gasteiger partial charge in [0.15, 0.2) is 24.6 Å². The molecule has 12 heteroatoms. The summed E-state index contributed by atoms with van der Waals surface area (Å²) in [6, 6.07) is 0. The van der Waals surface area contributed by atoms with E-state index in [0.29, 0.717) is 19.3 Å². The van der Waals surface area contributed by atoms with E-state index in [1.807, 2.05) is 0 Å². The second-order valence-electron chi connectivity index (χ2n) is 21.4. The van der Waals surface area contributed by atoms with Crippen LogP contribution in [0.1, 0.15) is 303 Å². The molecular weight excluding hydrogens is 925 g/mol. The summed E-state index contributed by atoms with van der Waals surface area (Å²) >= 11 is 0. The van der Waals surface area contributed by atoms with Crippen molar-refractivity contribution in [2.24, 2.45) is 0 Å². The topological polar surface area (TPSA) is 175 Å². The zero-order valence-electron chi connectivity index (χ0n) is 47.2. The lowest BCUT2D eigenvalue weighted by Gasteiger charge is -2.40. The first-order chi connectivity index (χ1) is 35.6. The predicted molar refractivity (Wildman–Crippen MR) is 294 cm³/mol. The van der Waals surface area contributed by atoms with Crippen LogP contribution < -0.4 is 0 Å². The van der Waals surface area contributed by atoms with E-state index < -0.39 is 67.3 Å². The van der Waals surface area contributed by atoms with Crippen LogP contribution in [0.3, 0.4) is 0 Å². The van der Waals surface area contributed by atoms with Gasteiger partial charge in [0, 0.05) is 19.3 Å². The first-order valence-electron chi connectivity index (χ1n) is 30.7. The molecule has 428 valence electrons. The van der Waals surface area contributed by atoms with Gasteiger partial charge in [-0.2, -0.15) is 0 Å². The fourth-order valence-corrected chi connectivity index (χ4v) is 9.60. The molecule has 12 nitrogen and oxygen atoms in total. The van der Waals surface area contributed by atoms with Crippen LogP contribution in [0.2, 0.25) is 0 Å². The largest absolute Gasteiger partial charge is 0.479 e. The fourth-order valence-electron chi connectivity index (χ4n) is 9.60. The Morgan fingerprint density at radius 3 is 1.18 bits per heavy atom. The molecule has 1 fully saturated rings. The highest BCUT2D eigenvalue weighted by atomic mass is 16.7. The summed E-state index contributed by atoms with van der Waals surface area (Å²) in [6.07, 6.45) is 43.3. The van der Waals surface area contributed by atoms with E-state index in [1.54, 1.807) is 0 Å². The van der Waals surface area contributed by atoms with Gasteiger partial charge in [0.25, 0.3) is 0 Å². The van der Waals surface area contributed by atoms with Gasteiger partial charge in [-0.25, -0.2) is 4.79 Å². The zero-order chi connectivity index (χ0) is 53.3. The van der Waals surface area contributed by atoms with Crippen molar-refractivity contribution in [2.45, 2.75) is 340 Å². The Balaban J connectivity index is 2.62. The highest BCUT2D eigenvalue weighted by molar-refractivity contribution is 5.74. The van der Waals surface area contributed by atoms with Crippen molar-refractivity contribution < 1.29 is 58.2 Å². The van der Waals surface area contributed by atoms with Crippen LogP contribution in [0, 0.1) is 0 Å². The second kappa shape index (κ2) is 50.3. The molecule has 0 saturated carbocycles. The van der Waals surface area contributed by atoms with Crippen molar-refractivity contribution in [2.75, 3.05) is 13.2 Å². The van der Waals surface area contributed by atoms with Gasteiger partial charge in [-0.15, -0.1) is 0 Å². The molecule has 0 amide bonds. The second-order valence-corrected chi connectivity index (χ2v) is 21.4. The maximum absolute atomic E-state index is 13.1. The summed E-state index contributed by atoms with van der Waals surface area (Å²) in [5, 5.41) is 31.4. The lowest BCUT2D eigenvalue weighted by atomic mass is 9.98. The minimum absolute atomic E-state index is 0.0564. The van der Waals surface area contributed by atoms with Crippen LogP contribution in [-0.4, -0.2) is 89.2 Å². The number of allylic oxidation sites excluding steroid dienone is 2. The molecule has 1 aliphatic heterocycles. The molecule has 0 aromatic carbocycles. The average Bonchev–Trinajstić information content (AvgIpc) is 3.37. The number of aliphatic hydroxyl groups excluding tert-OH is 2. The van der Waals surface area contributed by atoms with Crippen molar-refractivity contribution in [1.29, 1.82) is 0 Å². The van der Waals surface area contributed by atoms with E-state index in [1.165, 1.54) is 167 Å². The standard InChI is InChI=1S/C61H112O12/c1-4-7-10-13-16-19-22-24-25-26-27-28-29-31-33-35-38-41-44-47-53(62)69-50-52(71-54(63)48-45-42-39-36-32-21-18-15-12-9-6-3)51-70-61-59(57(66)56(65)58(73-61)60(67)68)72-55(64)49-46-43-40-37-34-30-23-20-17-14-11-8-5-2/h20,23,52,56-59,61,65-66H,4-19,21-22,24-51H2,1-3H3,(H,67,68)/b23-20-. The van der Waals surface area contributed by atoms with E-state index in [0.717, 1.165) is 77.0 Å². The lowest BCUT2D eigenvalue weighted by Crippen LogP contribution is -2.61. The monoisotopic (exact) mass is 1040 g/mol. The van der Waals surface area contributed by atoms with E-state index in [-0.39, 0.29) is 25.9 Å². The molecule has 1 saturated heterocycles. The number of aliphatic hydroxyl groups is 2. The van der Waals surface area contributed by atoms with Gasteiger partial charge in [-0.1, -0.05) is 251 Å². The number of unbranched alkanes of at least 4 members (excludes halogenated alkanes) is 37. The lowest BCUT2D eigenvalue weighted by molar-refractivity contribution is -0.301. The maximum Gasteiger partial charge on any atom is 0.335 e. The summed E-state index contributed by atoms with van der Waals surface area (Å²) in [7, 11) is 0. The highest BCUT2D eigenvalue weighted by Gasteiger charge is 2.50. The van der Waals surface area contributed by atoms with Gasteiger partial charge < -0.3 is 39.0 Å². The molecule has 1 rings (SSSR count). The number of hydrogen-bond donors (Lipinski definition) is 3. The number of carboxylic acid groups (broad SMARTS) is 1. The smallest absolute Gasteiger partial charge is 0.335 e. The predicted octanol–water partition coefficient (Wildman–Crippen LogP) is 15.7. The Bertz CT molecular complexity index is 1320. The number of carbonyl (C=O) groups excluding carboxylic acids is 3. The molecule has 1 heterocycles. The average molecular weight is 1040 g/mol. The van der Waals surface area contributed by atoms with Crippen LogP contribution in [-0.2, 0) is 42.9 Å². The third-order valence-electron chi connectivity index (χ3n) is 14.3. The molecular formula is C61H112O12. The molecule has 0 aromatic rings. The van der Waals surface area contributed by atoms with Gasteiger partial charge in [0.2, 0.25) is 0 Å². The van der Waals surface area contributed by atoms with Gasteiger partial charge in [-0.3, -0.25) is 14.4 Å². The Morgan fingerprint density at radius 1 is 0.438 bits per heavy atom. The summed E-state index contributed by atoms with van der Waals surface area (Å²) in [4.78, 5) is 51.1. The molecule has 1 aliphatic rings. The Kier molecular flexibility index (Phi) is 47.2. The third kappa shape index (κ3) is 40.4.